The number of rotatable bonds is 5. The van der Waals surface area contributed by atoms with Gasteiger partial charge in [-0.3, -0.25) is 4.79 Å². The van der Waals surface area contributed by atoms with Crippen LogP contribution in [0.2, 0.25) is 0 Å². The van der Waals surface area contributed by atoms with Gasteiger partial charge in [0, 0.05) is 12.1 Å². The van der Waals surface area contributed by atoms with Gasteiger partial charge < -0.3 is 9.67 Å². The largest absolute Gasteiger partial charge is 0.481 e. The molecule has 3 rings (SSSR count). The van der Waals surface area contributed by atoms with Gasteiger partial charge in [-0.25, -0.2) is 14.4 Å². The summed E-state index contributed by atoms with van der Waals surface area (Å²) in [4.78, 5) is 19.9. The monoisotopic (exact) mass is 313 g/mol. The predicted octanol–water partition coefficient (Wildman–Crippen LogP) is 2.94. The zero-order chi connectivity index (χ0) is 16.4. The highest BCUT2D eigenvalue weighted by Gasteiger charge is 2.14. The van der Waals surface area contributed by atoms with Crippen molar-refractivity contribution in [1.29, 1.82) is 0 Å². The first-order valence-corrected chi connectivity index (χ1v) is 7.32. The van der Waals surface area contributed by atoms with Crippen LogP contribution < -0.4 is 0 Å². The first-order valence-electron chi connectivity index (χ1n) is 7.32. The number of pyridine rings is 1. The number of hydrogen-bond acceptors (Lipinski definition) is 3. The lowest BCUT2D eigenvalue weighted by molar-refractivity contribution is -0.137. The summed E-state index contributed by atoms with van der Waals surface area (Å²) >= 11 is 0. The summed E-state index contributed by atoms with van der Waals surface area (Å²) in [6, 6.07) is 9.98. The van der Waals surface area contributed by atoms with E-state index in [1.54, 1.807) is 12.1 Å². The van der Waals surface area contributed by atoms with Crippen molar-refractivity contribution in [2.24, 2.45) is 0 Å². The van der Waals surface area contributed by atoms with Crippen molar-refractivity contribution in [1.82, 2.24) is 14.5 Å². The van der Waals surface area contributed by atoms with Gasteiger partial charge >= 0.3 is 5.97 Å². The lowest BCUT2D eigenvalue weighted by Gasteiger charge is -2.08. The number of aryl methyl sites for hydroxylation is 2. The summed E-state index contributed by atoms with van der Waals surface area (Å²) in [5.74, 6) is -0.483. The lowest BCUT2D eigenvalue weighted by Crippen LogP contribution is -2.08. The van der Waals surface area contributed by atoms with Crippen LogP contribution in [0.4, 0.5) is 4.39 Å². The molecule has 0 bridgehead atoms. The second-order valence-corrected chi connectivity index (χ2v) is 5.43. The van der Waals surface area contributed by atoms with Gasteiger partial charge in [0.2, 0.25) is 0 Å². The number of halogens is 1. The van der Waals surface area contributed by atoms with Crippen LogP contribution in [0.5, 0.6) is 0 Å². The first-order chi connectivity index (χ1) is 11.0. The van der Waals surface area contributed by atoms with Crippen LogP contribution in [0.3, 0.4) is 0 Å². The molecule has 118 valence electrons. The molecule has 0 atom stereocenters. The second-order valence-electron chi connectivity index (χ2n) is 5.43. The zero-order valence-corrected chi connectivity index (χ0v) is 12.7. The molecular formula is C17H16FN3O2. The van der Waals surface area contributed by atoms with Crippen molar-refractivity contribution < 1.29 is 14.3 Å². The van der Waals surface area contributed by atoms with Gasteiger partial charge in [0.1, 0.15) is 17.2 Å². The highest BCUT2D eigenvalue weighted by Crippen LogP contribution is 2.18. The van der Waals surface area contributed by atoms with Gasteiger partial charge in [-0.05, 0) is 36.8 Å². The molecule has 1 aromatic carbocycles. The fourth-order valence-corrected chi connectivity index (χ4v) is 2.49. The van der Waals surface area contributed by atoms with Crippen molar-refractivity contribution in [2.45, 2.75) is 26.3 Å². The second kappa shape index (κ2) is 6.16. The normalized spacial score (nSPS) is 11.0. The number of aliphatic carboxylic acids is 1. The molecular weight excluding hydrogens is 297 g/mol. The Labute approximate surface area is 132 Å². The van der Waals surface area contributed by atoms with Crippen molar-refractivity contribution in [2.75, 3.05) is 0 Å². The van der Waals surface area contributed by atoms with Crippen LogP contribution in [-0.2, 0) is 17.8 Å². The molecule has 0 aliphatic rings. The van der Waals surface area contributed by atoms with Crippen LogP contribution >= 0.6 is 0 Å². The van der Waals surface area contributed by atoms with Crippen molar-refractivity contribution in [3.8, 4) is 0 Å². The molecule has 2 aromatic heterocycles. The van der Waals surface area contributed by atoms with Crippen LogP contribution in [0.1, 0.15) is 23.5 Å². The molecule has 6 heteroatoms. The van der Waals surface area contributed by atoms with E-state index >= 15 is 0 Å². The third kappa shape index (κ3) is 3.36. The molecule has 0 spiro atoms. The van der Waals surface area contributed by atoms with Crippen molar-refractivity contribution in [3.63, 3.8) is 0 Å². The number of carbonyl (C=O) groups is 1. The third-order valence-corrected chi connectivity index (χ3v) is 3.63. The number of aromatic nitrogens is 3. The first kappa shape index (κ1) is 15.1. The molecule has 0 aliphatic carbocycles. The highest BCUT2D eigenvalue weighted by molar-refractivity contribution is 5.72. The predicted molar refractivity (Wildman–Crippen MR) is 83.7 cm³/mol. The van der Waals surface area contributed by atoms with E-state index in [1.807, 2.05) is 23.6 Å². The quantitative estimate of drug-likeness (QED) is 0.786. The van der Waals surface area contributed by atoms with Crippen LogP contribution in [0, 0.1) is 12.7 Å². The van der Waals surface area contributed by atoms with Crippen LogP contribution in [-0.4, -0.2) is 25.6 Å². The summed E-state index contributed by atoms with van der Waals surface area (Å²) in [5, 5.41) is 8.91. The van der Waals surface area contributed by atoms with E-state index in [0.29, 0.717) is 18.8 Å². The average Bonchev–Trinajstić information content (AvgIpc) is 2.85. The maximum atomic E-state index is 13.1. The van der Waals surface area contributed by atoms with E-state index in [0.717, 1.165) is 22.4 Å². The summed E-state index contributed by atoms with van der Waals surface area (Å²) in [7, 11) is 0. The Kier molecular flexibility index (Phi) is 4.06. The van der Waals surface area contributed by atoms with Crippen molar-refractivity contribution >= 4 is 17.1 Å². The number of imidazole rings is 1. The van der Waals surface area contributed by atoms with E-state index in [2.05, 4.69) is 9.97 Å². The minimum absolute atomic E-state index is 0.00568. The zero-order valence-electron chi connectivity index (χ0n) is 12.7. The Bertz CT molecular complexity index is 856. The molecule has 1 N–H and O–H groups in total. The van der Waals surface area contributed by atoms with Crippen molar-refractivity contribution in [3.05, 3.63) is 59.3 Å². The van der Waals surface area contributed by atoms with Gasteiger partial charge in [0.25, 0.3) is 0 Å². The molecule has 0 amide bonds. The Morgan fingerprint density at radius 2 is 1.91 bits per heavy atom. The molecule has 3 aromatic rings. The molecule has 0 fully saturated rings. The Hall–Kier alpha value is -2.76. The third-order valence-electron chi connectivity index (χ3n) is 3.63. The van der Waals surface area contributed by atoms with Gasteiger partial charge in [-0.1, -0.05) is 12.1 Å². The summed E-state index contributed by atoms with van der Waals surface area (Å²) < 4.78 is 15.0. The van der Waals surface area contributed by atoms with Gasteiger partial charge in [-0.15, -0.1) is 0 Å². The van der Waals surface area contributed by atoms with Gasteiger partial charge in [0.05, 0.1) is 13.0 Å². The smallest absolute Gasteiger partial charge is 0.303 e. The number of hydrogen-bond donors (Lipinski definition) is 1. The summed E-state index contributed by atoms with van der Waals surface area (Å²) in [6.07, 6.45) is 0.331. The lowest BCUT2D eigenvalue weighted by atomic mass is 10.2. The van der Waals surface area contributed by atoms with Gasteiger partial charge in [-0.2, -0.15) is 0 Å². The Balaban J connectivity index is 2.03. The molecule has 2 heterocycles. The number of nitrogens with zero attached hydrogens (tertiary/aromatic N) is 3. The fourth-order valence-electron chi connectivity index (χ4n) is 2.49. The number of carboxylic acid groups (broad SMARTS) is 1. The van der Waals surface area contributed by atoms with E-state index in [-0.39, 0.29) is 12.2 Å². The van der Waals surface area contributed by atoms with Gasteiger partial charge in [0.15, 0.2) is 5.65 Å². The molecule has 5 nitrogen and oxygen atoms in total. The maximum absolute atomic E-state index is 13.1. The molecule has 0 saturated heterocycles. The summed E-state index contributed by atoms with van der Waals surface area (Å²) in [5.41, 5.74) is 3.22. The SMILES string of the molecule is Cc1ccc2nc(CCC(=O)O)n(Cc3ccc(F)cc3)c2n1. The minimum Gasteiger partial charge on any atom is -0.481 e. The van der Waals surface area contributed by atoms with Crippen LogP contribution in [0.15, 0.2) is 36.4 Å². The number of carboxylic acids is 1. The molecule has 0 radical (unpaired) electrons. The average molecular weight is 313 g/mol. The maximum Gasteiger partial charge on any atom is 0.303 e. The van der Waals surface area contributed by atoms with E-state index in [9.17, 15) is 9.18 Å². The number of benzene rings is 1. The highest BCUT2D eigenvalue weighted by atomic mass is 19.1. The molecule has 0 saturated carbocycles. The summed E-state index contributed by atoms with van der Waals surface area (Å²) in [6.45, 7) is 2.37. The van der Waals surface area contributed by atoms with E-state index in [1.165, 1.54) is 12.1 Å². The topological polar surface area (TPSA) is 68.0 Å². The Morgan fingerprint density at radius 3 is 2.61 bits per heavy atom. The molecule has 0 unspecified atom stereocenters. The van der Waals surface area contributed by atoms with E-state index in [4.69, 9.17) is 5.11 Å². The van der Waals surface area contributed by atoms with E-state index < -0.39 is 5.97 Å². The fraction of sp³-hybridized carbons (Fsp3) is 0.235. The standard InChI is InChI=1S/C17H16FN3O2/c1-11-2-7-14-17(19-11)21(15(20-14)8-9-16(22)23)10-12-3-5-13(18)6-4-12/h2-7H,8-10H2,1H3,(H,22,23). The molecule has 0 aliphatic heterocycles. The molecule has 23 heavy (non-hydrogen) atoms. The Morgan fingerprint density at radius 1 is 1.17 bits per heavy atom. The minimum atomic E-state index is -0.866. The number of fused-ring (bicyclic) bond motifs is 1. The van der Waals surface area contributed by atoms with Crippen LogP contribution in [0.25, 0.3) is 11.2 Å².